The van der Waals surface area contributed by atoms with E-state index in [0.717, 1.165) is 183 Å². The third kappa shape index (κ3) is 10.4. The van der Waals surface area contributed by atoms with Crippen molar-refractivity contribution in [1.29, 1.82) is 0 Å². The average molecular weight is 1460 g/mol. The lowest BCUT2D eigenvalue weighted by molar-refractivity contribution is 0.672. The lowest BCUT2D eigenvalue weighted by atomic mass is 10.0. The van der Waals surface area contributed by atoms with E-state index in [2.05, 4.69) is 364 Å². The Labute approximate surface area is 653 Å². The number of fused-ring (bicyclic) bond motifs is 20. The molecule has 9 nitrogen and oxygen atoms in total. The van der Waals surface area contributed by atoms with Gasteiger partial charge in [0.25, 0.3) is 0 Å². The van der Waals surface area contributed by atoms with Gasteiger partial charge >= 0.3 is 0 Å². The van der Waals surface area contributed by atoms with Gasteiger partial charge in [0, 0.05) is 93.6 Å². The van der Waals surface area contributed by atoms with Gasteiger partial charge in [-0.2, -0.15) is 0 Å². The highest BCUT2D eigenvalue weighted by Crippen LogP contribution is 2.46. The molecule has 8 heterocycles. The summed E-state index contributed by atoms with van der Waals surface area (Å²) < 4.78 is 22.5. The van der Waals surface area contributed by atoms with Crippen LogP contribution in [0.1, 0.15) is 0 Å². The highest BCUT2D eigenvalue weighted by atomic mass is 16.3. The van der Waals surface area contributed by atoms with Crippen molar-refractivity contribution < 1.29 is 8.83 Å². The number of benzene rings is 16. The van der Waals surface area contributed by atoms with Gasteiger partial charge in [-0.05, 0) is 144 Å². The average Bonchev–Trinajstić information content (AvgIpc) is 1.47. The highest BCUT2D eigenvalue weighted by Gasteiger charge is 2.24. The quantitative estimate of drug-likeness (QED) is 0.136. The molecule has 0 atom stereocenters. The summed E-state index contributed by atoms with van der Waals surface area (Å²) in [6, 6.07) is 140. The van der Waals surface area contributed by atoms with E-state index in [0.29, 0.717) is 5.82 Å². The van der Waals surface area contributed by atoms with E-state index >= 15 is 0 Å². The molecule has 0 N–H and O–H groups in total. The molecule has 114 heavy (non-hydrogen) atoms. The summed E-state index contributed by atoms with van der Waals surface area (Å²) in [7, 11) is 0. The summed E-state index contributed by atoms with van der Waals surface area (Å²) in [5, 5.41) is 13.9. The van der Waals surface area contributed by atoms with Crippen LogP contribution in [0.5, 0.6) is 0 Å². The SMILES string of the molecule is c1ccc(-c2cc(-n3c4ccccc4c4cc(-c5cccc(-n6c7ccccc7c7c8oc9ccccc9c8ccc76)c5)ccc43)cc(-c3ccccc3)n2)cc1.c1ccc(-c2cc(-n3c4ccccc4c4cc(-c5cccc(-n6c7ccccc7c7c8oc9ccccc9c8ccc76)c5)ccc43)nc(-c3ccccc3)n2)cc1. The van der Waals surface area contributed by atoms with Crippen LogP contribution in [0.4, 0.5) is 0 Å². The van der Waals surface area contributed by atoms with Gasteiger partial charge < -0.3 is 22.5 Å². The minimum absolute atomic E-state index is 0.692. The van der Waals surface area contributed by atoms with Gasteiger partial charge in [0.2, 0.25) is 0 Å². The van der Waals surface area contributed by atoms with Gasteiger partial charge in [-0.25, -0.2) is 15.0 Å². The summed E-state index contributed by atoms with van der Waals surface area (Å²) >= 11 is 0. The molecule has 0 radical (unpaired) electrons. The summed E-state index contributed by atoms with van der Waals surface area (Å²) in [6.07, 6.45) is 0. The maximum absolute atomic E-state index is 6.57. The third-order valence-electron chi connectivity index (χ3n) is 22.8. The Morgan fingerprint density at radius 3 is 1.00 bits per heavy atom. The molecular weight excluding hydrogens is 1390 g/mol. The van der Waals surface area contributed by atoms with E-state index in [4.69, 9.17) is 23.8 Å². The van der Waals surface area contributed by atoms with Gasteiger partial charge in [-0.15, -0.1) is 0 Å². The van der Waals surface area contributed by atoms with Crippen LogP contribution < -0.4 is 0 Å². The van der Waals surface area contributed by atoms with Gasteiger partial charge in [0.1, 0.15) is 28.1 Å². The predicted octanol–water partition coefficient (Wildman–Crippen LogP) is 27.7. The number of para-hydroxylation sites is 6. The molecule has 16 aromatic carbocycles. The van der Waals surface area contributed by atoms with Crippen molar-refractivity contribution in [2.75, 3.05) is 0 Å². The number of aromatic nitrogens is 7. The summed E-state index contributed by atoms with van der Waals surface area (Å²) in [5.74, 6) is 1.52. The van der Waals surface area contributed by atoms with Crippen molar-refractivity contribution in [1.82, 2.24) is 33.2 Å². The van der Waals surface area contributed by atoms with Crippen LogP contribution in [-0.2, 0) is 0 Å². The van der Waals surface area contributed by atoms with E-state index in [1.807, 2.05) is 48.5 Å². The number of hydrogen-bond acceptors (Lipinski definition) is 5. The minimum atomic E-state index is 0.692. The monoisotopic (exact) mass is 1460 g/mol. The summed E-state index contributed by atoms with van der Waals surface area (Å²) in [5.41, 5.74) is 27.6. The molecular formula is C105H65N7O2. The van der Waals surface area contributed by atoms with Crippen LogP contribution in [-0.4, -0.2) is 33.2 Å². The van der Waals surface area contributed by atoms with E-state index < -0.39 is 0 Å². The lowest BCUT2D eigenvalue weighted by Crippen LogP contribution is -2.02. The molecule has 8 aromatic heterocycles. The number of hydrogen-bond donors (Lipinski definition) is 0. The standard InChI is InChI=1S/C53H33N3O.C52H32N4O/c1-3-14-34(15-4-1)45-32-39(33-46(54-45)35-16-5-2-6-17-35)56-47-23-10-7-20-40(47)44-31-37(26-28-49(44)56)36-18-13-19-38(30-36)55-48-24-11-8-22-43(48)52-50(55)29-27-42-41-21-9-12-25-51(41)57-53(42)52;1-3-14-33(15-4-1)43-32-49(54-52(53-43)34-16-5-2-6-17-34)56-44-23-10-7-20-38(44)42-31-36(26-28-46(42)56)35-18-13-19-37(30-35)55-45-24-11-8-22-41(45)50-47(55)29-27-40-39-21-9-12-25-48(39)57-51(40)50/h1-33H;1-32H. The Morgan fingerprint density at radius 1 is 0.184 bits per heavy atom. The van der Waals surface area contributed by atoms with Crippen molar-refractivity contribution in [3.05, 3.63) is 394 Å². The number of furan rings is 2. The third-order valence-corrected chi connectivity index (χ3v) is 22.8. The van der Waals surface area contributed by atoms with Crippen LogP contribution in [0.3, 0.4) is 0 Å². The number of pyridine rings is 1. The van der Waals surface area contributed by atoms with E-state index in [1.54, 1.807) is 0 Å². The molecule has 0 aliphatic rings. The second-order valence-electron chi connectivity index (χ2n) is 29.3. The smallest absolute Gasteiger partial charge is 0.162 e. The fraction of sp³-hybridized carbons (Fsp3) is 0. The first-order valence-corrected chi connectivity index (χ1v) is 38.6. The fourth-order valence-corrected chi connectivity index (χ4v) is 17.7. The second-order valence-corrected chi connectivity index (χ2v) is 29.3. The molecule has 0 saturated carbocycles. The molecule has 0 unspecified atom stereocenters. The van der Waals surface area contributed by atoms with Crippen LogP contribution in [0.2, 0.25) is 0 Å². The van der Waals surface area contributed by atoms with Gasteiger partial charge in [0.15, 0.2) is 5.82 Å². The Morgan fingerprint density at radius 2 is 0.526 bits per heavy atom. The zero-order valence-electron chi connectivity index (χ0n) is 61.5. The molecule has 0 spiro atoms. The molecule has 0 aliphatic heterocycles. The van der Waals surface area contributed by atoms with Crippen molar-refractivity contribution >= 4 is 131 Å². The molecule has 24 rings (SSSR count). The fourth-order valence-electron chi connectivity index (χ4n) is 17.7. The van der Waals surface area contributed by atoms with Gasteiger partial charge in [-0.3, -0.25) is 4.57 Å². The number of rotatable bonds is 10. The van der Waals surface area contributed by atoms with Crippen molar-refractivity contribution in [2.45, 2.75) is 0 Å². The molecule has 24 aromatic rings. The molecule has 9 heteroatoms. The largest absolute Gasteiger partial charge is 0.455 e. The van der Waals surface area contributed by atoms with Crippen LogP contribution in [0, 0.1) is 0 Å². The number of nitrogens with zero attached hydrogens (tertiary/aromatic N) is 7. The minimum Gasteiger partial charge on any atom is -0.455 e. The Bertz CT molecular complexity index is 7390. The predicted molar refractivity (Wildman–Crippen MR) is 471 cm³/mol. The van der Waals surface area contributed by atoms with Crippen molar-refractivity contribution in [3.63, 3.8) is 0 Å². The summed E-state index contributed by atoms with van der Waals surface area (Å²) in [4.78, 5) is 15.4. The first-order valence-electron chi connectivity index (χ1n) is 38.6. The maximum atomic E-state index is 6.57. The Kier molecular flexibility index (Phi) is 14.8. The molecule has 0 aliphatic carbocycles. The van der Waals surface area contributed by atoms with Crippen LogP contribution in [0.15, 0.2) is 403 Å². The van der Waals surface area contributed by atoms with Crippen LogP contribution >= 0.6 is 0 Å². The topological polar surface area (TPSA) is 84.7 Å². The van der Waals surface area contributed by atoms with E-state index in [1.165, 1.54) is 32.3 Å². The van der Waals surface area contributed by atoms with E-state index in [9.17, 15) is 0 Å². The lowest BCUT2D eigenvalue weighted by Gasteiger charge is -2.13. The molecule has 0 fully saturated rings. The molecule has 532 valence electrons. The molecule has 0 saturated heterocycles. The Balaban J connectivity index is 0.000000135. The zero-order valence-corrected chi connectivity index (χ0v) is 61.5. The maximum Gasteiger partial charge on any atom is 0.162 e. The first kappa shape index (κ1) is 64.5. The molecule has 0 bridgehead atoms. The van der Waals surface area contributed by atoms with Crippen LogP contribution in [0.25, 0.3) is 221 Å². The van der Waals surface area contributed by atoms with E-state index in [-0.39, 0.29) is 0 Å². The molecule has 0 amide bonds. The first-order chi connectivity index (χ1) is 56.5. The zero-order chi connectivity index (χ0) is 74.9. The second kappa shape index (κ2) is 26.1. The normalized spacial score (nSPS) is 11.9. The van der Waals surface area contributed by atoms with Gasteiger partial charge in [-0.1, -0.05) is 267 Å². The van der Waals surface area contributed by atoms with Crippen molar-refractivity contribution in [2.24, 2.45) is 0 Å². The Hall–Kier alpha value is -15.5. The van der Waals surface area contributed by atoms with Crippen molar-refractivity contribution in [3.8, 4) is 90.3 Å². The van der Waals surface area contributed by atoms with Gasteiger partial charge in [0.05, 0.1) is 77.7 Å². The highest BCUT2D eigenvalue weighted by molar-refractivity contribution is 6.25. The summed E-state index contributed by atoms with van der Waals surface area (Å²) in [6.45, 7) is 0.